The van der Waals surface area contributed by atoms with Gasteiger partial charge in [-0.2, -0.15) is 0 Å². The molecule has 0 spiro atoms. The van der Waals surface area contributed by atoms with Crippen LogP contribution in [-0.4, -0.2) is 50.3 Å². The summed E-state index contributed by atoms with van der Waals surface area (Å²) in [6.07, 6.45) is 2.71. The van der Waals surface area contributed by atoms with E-state index in [2.05, 4.69) is 24.5 Å². The van der Waals surface area contributed by atoms with E-state index in [0.717, 1.165) is 25.9 Å². The van der Waals surface area contributed by atoms with Crippen LogP contribution in [0.3, 0.4) is 0 Å². The molecular weight excluding hydrogens is 296 g/mol. The fourth-order valence-electron chi connectivity index (χ4n) is 5.10. The van der Waals surface area contributed by atoms with Crippen molar-refractivity contribution in [3.8, 4) is 0 Å². The number of hydrogen-bond donors (Lipinski definition) is 2. The number of carbonyl (C=O) groups is 2. The van der Waals surface area contributed by atoms with Crippen LogP contribution in [0.15, 0.2) is 0 Å². The fraction of sp³-hybridized carbons (Fsp3) is 0.882. The Balaban J connectivity index is 1.13. The lowest BCUT2D eigenvalue weighted by Gasteiger charge is -2.41. The highest BCUT2D eigenvalue weighted by atomic mass is 16.5. The highest BCUT2D eigenvalue weighted by Gasteiger charge is 2.61. The molecule has 23 heavy (non-hydrogen) atoms. The smallest absolute Gasteiger partial charge is 0.311 e. The molecule has 0 radical (unpaired) electrons. The van der Waals surface area contributed by atoms with E-state index in [1.54, 1.807) is 0 Å². The van der Waals surface area contributed by atoms with Crippen LogP contribution in [0.5, 0.6) is 0 Å². The Kier molecular flexibility index (Phi) is 3.47. The van der Waals surface area contributed by atoms with Crippen LogP contribution in [0.1, 0.15) is 33.1 Å². The van der Waals surface area contributed by atoms with E-state index < -0.39 is 0 Å². The molecule has 4 aliphatic heterocycles. The molecule has 6 rings (SSSR count). The van der Waals surface area contributed by atoms with E-state index >= 15 is 0 Å². The number of fused-ring (bicyclic) bond motifs is 2. The van der Waals surface area contributed by atoms with Crippen molar-refractivity contribution in [2.45, 2.75) is 45.2 Å². The Morgan fingerprint density at radius 2 is 1.35 bits per heavy atom. The number of nitrogens with one attached hydrogen (secondary N) is 2. The van der Waals surface area contributed by atoms with E-state index in [-0.39, 0.29) is 34.6 Å². The van der Waals surface area contributed by atoms with Gasteiger partial charge in [0.05, 0.1) is 25.0 Å². The summed E-state index contributed by atoms with van der Waals surface area (Å²) in [6, 6.07) is 0.598. The summed E-state index contributed by atoms with van der Waals surface area (Å²) in [6.45, 7) is 6.75. The molecule has 2 saturated carbocycles. The Bertz CT molecular complexity index is 485. The number of rotatable bonds is 6. The monoisotopic (exact) mass is 322 g/mol. The average molecular weight is 322 g/mol. The largest absolute Gasteiger partial charge is 0.465 e. The number of esters is 2. The molecule has 0 amide bonds. The van der Waals surface area contributed by atoms with Crippen LogP contribution in [0.2, 0.25) is 0 Å². The predicted molar refractivity (Wildman–Crippen MR) is 82.5 cm³/mol. The lowest BCUT2D eigenvalue weighted by Crippen LogP contribution is -2.49. The summed E-state index contributed by atoms with van der Waals surface area (Å²) in [5.41, 5.74) is 0.167. The van der Waals surface area contributed by atoms with Crippen LogP contribution in [0.4, 0.5) is 0 Å². The van der Waals surface area contributed by atoms with Gasteiger partial charge in [0.15, 0.2) is 0 Å². The third kappa shape index (κ3) is 2.30. The first-order valence-corrected chi connectivity index (χ1v) is 8.73. The van der Waals surface area contributed by atoms with Gasteiger partial charge in [-0.3, -0.25) is 9.59 Å². The van der Waals surface area contributed by atoms with Crippen LogP contribution in [0.25, 0.3) is 0 Å². The van der Waals surface area contributed by atoms with Crippen LogP contribution < -0.4 is 10.6 Å². The van der Waals surface area contributed by atoms with E-state index in [9.17, 15) is 9.59 Å². The van der Waals surface area contributed by atoms with Crippen molar-refractivity contribution in [2.75, 3.05) is 26.3 Å². The van der Waals surface area contributed by atoms with E-state index in [1.807, 2.05) is 0 Å². The second kappa shape index (κ2) is 5.18. The molecule has 6 nitrogen and oxygen atoms in total. The maximum Gasteiger partial charge on any atom is 0.311 e. The minimum Gasteiger partial charge on any atom is -0.465 e. The van der Waals surface area contributed by atoms with Gasteiger partial charge >= 0.3 is 11.9 Å². The quantitative estimate of drug-likeness (QED) is 0.546. The molecule has 4 heterocycles. The van der Waals surface area contributed by atoms with Gasteiger partial charge in [-0.25, -0.2) is 0 Å². The maximum absolute atomic E-state index is 12.1. The molecule has 6 aliphatic rings. The van der Waals surface area contributed by atoms with Gasteiger partial charge in [-0.15, -0.1) is 0 Å². The van der Waals surface area contributed by atoms with Crippen LogP contribution in [0, 0.1) is 22.7 Å². The van der Waals surface area contributed by atoms with Crippen LogP contribution in [-0.2, 0) is 19.1 Å². The first kappa shape index (κ1) is 15.4. The van der Waals surface area contributed by atoms with E-state index in [1.165, 1.54) is 0 Å². The summed E-state index contributed by atoms with van der Waals surface area (Å²) >= 11 is 0. The molecular formula is C17H26N2O4. The van der Waals surface area contributed by atoms with Gasteiger partial charge in [-0.05, 0) is 23.7 Å². The molecule has 6 unspecified atom stereocenters. The molecule has 0 aromatic heterocycles. The molecule has 4 bridgehead atoms. The van der Waals surface area contributed by atoms with Crippen molar-refractivity contribution >= 4 is 11.9 Å². The summed E-state index contributed by atoms with van der Waals surface area (Å²) in [5.74, 6) is -0.203. The molecule has 0 aromatic rings. The van der Waals surface area contributed by atoms with Crippen molar-refractivity contribution in [3.63, 3.8) is 0 Å². The summed E-state index contributed by atoms with van der Waals surface area (Å²) in [4.78, 5) is 24.2. The van der Waals surface area contributed by atoms with Crippen molar-refractivity contribution in [2.24, 2.45) is 22.7 Å². The molecule has 6 atom stereocenters. The summed E-state index contributed by atoms with van der Waals surface area (Å²) in [7, 11) is 0. The minimum absolute atomic E-state index is 0.00155. The molecule has 0 aromatic carbocycles. The Labute approximate surface area is 136 Å². The Morgan fingerprint density at radius 1 is 0.913 bits per heavy atom. The first-order valence-electron chi connectivity index (χ1n) is 8.73. The second-order valence-corrected chi connectivity index (χ2v) is 8.33. The SMILES string of the molecule is CC12CNC(C1)C2C(=O)OCCCOC(=O)C1C2CC1(C)CN2. The lowest BCUT2D eigenvalue weighted by atomic mass is 9.62. The van der Waals surface area contributed by atoms with Crippen molar-refractivity contribution in [3.05, 3.63) is 0 Å². The van der Waals surface area contributed by atoms with Gasteiger partial charge in [0, 0.05) is 31.6 Å². The highest BCUT2D eigenvalue weighted by molar-refractivity contribution is 5.77. The minimum atomic E-state index is -0.103. The molecule has 6 heteroatoms. The Morgan fingerprint density at radius 3 is 1.65 bits per heavy atom. The first-order chi connectivity index (χ1) is 10.9. The predicted octanol–water partition coefficient (Wildman–Crippen LogP) is 0.459. The average Bonchev–Trinajstić information content (AvgIpc) is 3.17. The highest BCUT2D eigenvalue weighted by Crippen LogP contribution is 2.52. The standard InChI is InChI=1S/C17H26N2O4/c1-16-6-10(18-8-16)12(16)14(20)22-4-3-5-23-15(21)13-11-7-17(13,2)9-19-11/h10-13,18-19H,3-9H2,1-2H3. The summed E-state index contributed by atoms with van der Waals surface area (Å²) < 4.78 is 10.7. The topological polar surface area (TPSA) is 76.7 Å². The number of ether oxygens (including phenoxy) is 2. The van der Waals surface area contributed by atoms with E-state index in [0.29, 0.717) is 31.7 Å². The summed E-state index contributed by atoms with van der Waals surface area (Å²) in [5, 5.41) is 6.70. The van der Waals surface area contributed by atoms with E-state index in [4.69, 9.17) is 9.47 Å². The molecule has 6 fully saturated rings. The zero-order chi connectivity index (χ0) is 16.2. The lowest BCUT2D eigenvalue weighted by molar-refractivity contribution is -0.160. The zero-order valence-electron chi connectivity index (χ0n) is 13.9. The number of hydrogen-bond acceptors (Lipinski definition) is 6. The van der Waals surface area contributed by atoms with Crippen molar-refractivity contribution < 1.29 is 19.1 Å². The van der Waals surface area contributed by atoms with Gasteiger partial charge < -0.3 is 20.1 Å². The maximum atomic E-state index is 12.1. The van der Waals surface area contributed by atoms with Gasteiger partial charge in [0.1, 0.15) is 0 Å². The second-order valence-electron chi connectivity index (χ2n) is 8.33. The molecule has 128 valence electrons. The van der Waals surface area contributed by atoms with Gasteiger partial charge in [0.2, 0.25) is 0 Å². The third-order valence-corrected chi connectivity index (χ3v) is 6.50. The number of carbonyl (C=O) groups excluding carboxylic acids is 2. The molecule has 2 N–H and O–H groups in total. The Hall–Kier alpha value is -1.14. The van der Waals surface area contributed by atoms with Crippen molar-refractivity contribution in [1.29, 1.82) is 0 Å². The molecule has 2 aliphatic carbocycles. The normalized spacial score (nSPS) is 46.0. The molecule has 4 saturated heterocycles. The third-order valence-electron chi connectivity index (χ3n) is 6.50. The van der Waals surface area contributed by atoms with Gasteiger partial charge in [0.25, 0.3) is 0 Å². The van der Waals surface area contributed by atoms with Crippen molar-refractivity contribution in [1.82, 2.24) is 10.6 Å². The zero-order valence-corrected chi connectivity index (χ0v) is 13.9. The van der Waals surface area contributed by atoms with Gasteiger partial charge in [-0.1, -0.05) is 13.8 Å². The fourth-order valence-corrected chi connectivity index (χ4v) is 5.10. The van der Waals surface area contributed by atoms with Crippen LogP contribution >= 0.6 is 0 Å².